The summed E-state index contributed by atoms with van der Waals surface area (Å²) in [4.78, 5) is 12.8. The molecular formula is C27H25N5O4S2. The fourth-order valence-electron chi connectivity index (χ4n) is 4.00. The topological polar surface area (TPSA) is 115 Å². The van der Waals surface area contributed by atoms with Crippen LogP contribution >= 0.6 is 11.8 Å². The maximum absolute atomic E-state index is 12.7. The average Bonchev–Trinajstić information content (AvgIpc) is 3.37. The molecule has 0 unspecified atom stereocenters. The van der Waals surface area contributed by atoms with Crippen molar-refractivity contribution < 1.29 is 17.9 Å². The van der Waals surface area contributed by atoms with Gasteiger partial charge in [-0.25, -0.2) is 13.1 Å². The molecule has 2 heterocycles. The number of pyridine rings is 1. The molecule has 5 rings (SSSR count). The van der Waals surface area contributed by atoms with Crippen molar-refractivity contribution in [3.05, 3.63) is 90.0 Å². The Labute approximate surface area is 224 Å². The fraction of sp³-hybridized carbons (Fsp3) is 0.148. The molecule has 5 aromatic rings. The number of aryl methyl sites for hydroxylation is 1. The Morgan fingerprint density at radius 1 is 1.00 bits per heavy atom. The highest BCUT2D eigenvalue weighted by atomic mass is 32.2. The van der Waals surface area contributed by atoms with Gasteiger partial charge in [-0.15, -0.1) is 10.2 Å². The molecule has 3 aromatic carbocycles. The van der Waals surface area contributed by atoms with Crippen LogP contribution in [0.25, 0.3) is 16.6 Å². The number of carbonyl (C=O) groups is 1. The van der Waals surface area contributed by atoms with Gasteiger partial charge < -0.3 is 10.1 Å². The number of benzene rings is 3. The summed E-state index contributed by atoms with van der Waals surface area (Å²) in [5.41, 5.74) is 3.93. The number of anilines is 1. The zero-order chi connectivity index (χ0) is 26.7. The number of sulfonamides is 1. The zero-order valence-electron chi connectivity index (χ0n) is 20.7. The van der Waals surface area contributed by atoms with Gasteiger partial charge in [0.2, 0.25) is 15.9 Å². The highest BCUT2D eigenvalue weighted by molar-refractivity contribution is 7.99. The molecule has 0 saturated carbocycles. The second kappa shape index (κ2) is 10.8. The van der Waals surface area contributed by atoms with Crippen LogP contribution in [-0.4, -0.2) is 41.8 Å². The van der Waals surface area contributed by atoms with Crippen molar-refractivity contribution in [2.75, 3.05) is 18.2 Å². The van der Waals surface area contributed by atoms with E-state index in [0.29, 0.717) is 22.2 Å². The lowest BCUT2D eigenvalue weighted by molar-refractivity contribution is -0.113. The monoisotopic (exact) mass is 547 g/mol. The first-order chi connectivity index (χ1) is 18.3. The van der Waals surface area contributed by atoms with E-state index in [1.807, 2.05) is 65.9 Å². The molecule has 2 aromatic heterocycles. The first kappa shape index (κ1) is 25.7. The smallest absolute Gasteiger partial charge is 0.240 e. The first-order valence-electron chi connectivity index (χ1n) is 11.7. The molecule has 0 saturated heterocycles. The van der Waals surface area contributed by atoms with Crippen molar-refractivity contribution in [2.24, 2.45) is 0 Å². The summed E-state index contributed by atoms with van der Waals surface area (Å²) in [6, 6.07) is 23.2. The van der Waals surface area contributed by atoms with Crippen molar-refractivity contribution in [1.29, 1.82) is 0 Å². The van der Waals surface area contributed by atoms with E-state index in [2.05, 4.69) is 20.2 Å². The molecule has 0 atom stereocenters. The van der Waals surface area contributed by atoms with Crippen LogP contribution in [0.15, 0.2) is 88.9 Å². The Kier molecular flexibility index (Phi) is 7.32. The lowest BCUT2D eigenvalue weighted by Gasteiger charge is -2.10. The number of methoxy groups -OCH3 is 1. The predicted octanol–water partition coefficient (Wildman–Crippen LogP) is 4.41. The normalized spacial score (nSPS) is 11.6. The van der Waals surface area contributed by atoms with E-state index in [1.54, 1.807) is 19.2 Å². The summed E-state index contributed by atoms with van der Waals surface area (Å²) in [7, 11) is -2.07. The van der Waals surface area contributed by atoms with E-state index < -0.39 is 10.0 Å². The summed E-state index contributed by atoms with van der Waals surface area (Å²) in [6.07, 6.45) is 0. The third-order valence-corrected chi connectivity index (χ3v) is 8.27. The second-order valence-electron chi connectivity index (χ2n) is 8.57. The Hall–Kier alpha value is -3.93. The first-order valence-corrected chi connectivity index (χ1v) is 14.2. The number of nitrogens with one attached hydrogen (secondary N) is 2. The van der Waals surface area contributed by atoms with Crippen LogP contribution in [0.3, 0.4) is 0 Å². The van der Waals surface area contributed by atoms with E-state index >= 15 is 0 Å². The number of nitrogens with zero attached hydrogens (tertiary/aromatic N) is 3. The number of aromatic nitrogens is 3. The van der Waals surface area contributed by atoms with Crippen molar-refractivity contribution in [2.45, 2.75) is 23.5 Å². The number of rotatable bonds is 9. The molecule has 11 heteroatoms. The lowest BCUT2D eigenvalue weighted by Crippen LogP contribution is -2.23. The standard InChI is InChI=1S/C27H25N5O4S2/c1-18-14-20-8-11-22(36-2)15-24(20)32-26(18)30-31-27(32)37-17-25(33)29-21-9-12-23(13-10-21)38(34,35)28-16-19-6-4-3-5-7-19/h3-15,28H,16-17H2,1-2H3,(H,29,33). The minimum Gasteiger partial charge on any atom is -0.497 e. The highest BCUT2D eigenvalue weighted by Crippen LogP contribution is 2.28. The largest absolute Gasteiger partial charge is 0.497 e. The van der Waals surface area contributed by atoms with Crippen LogP contribution < -0.4 is 14.8 Å². The third kappa shape index (κ3) is 5.49. The molecule has 38 heavy (non-hydrogen) atoms. The van der Waals surface area contributed by atoms with Crippen LogP contribution in [0, 0.1) is 6.92 Å². The number of ether oxygens (including phenoxy) is 1. The van der Waals surface area contributed by atoms with Gasteiger partial charge in [-0.2, -0.15) is 0 Å². The quantitative estimate of drug-likeness (QED) is 0.263. The van der Waals surface area contributed by atoms with Gasteiger partial charge in [0, 0.05) is 18.3 Å². The van der Waals surface area contributed by atoms with Gasteiger partial charge in [0.25, 0.3) is 0 Å². The van der Waals surface area contributed by atoms with Gasteiger partial charge in [0.15, 0.2) is 10.8 Å². The Bertz CT molecular complexity index is 1720. The SMILES string of the molecule is COc1ccc2cc(C)c3nnc(SCC(=O)Nc4ccc(S(=O)(=O)NCc5ccccc5)cc4)n3c2c1. The van der Waals surface area contributed by atoms with Gasteiger partial charge >= 0.3 is 0 Å². The predicted molar refractivity (Wildman–Crippen MR) is 148 cm³/mol. The van der Waals surface area contributed by atoms with Gasteiger partial charge in [0.05, 0.1) is 23.3 Å². The molecule has 0 bridgehead atoms. The molecule has 0 aliphatic carbocycles. The lowest BCUT2D eigenvalue weighted by atomic mass is 10.1. The number of carbonyl (C=O) groups excluding carboxylic acids is 1. The molecular weight excluding hydrogens is 522 g/mol. The Morgan fingerprint density at radius 3 is 2.50 bits per heavy atom. The van der Waals surface area contributed by atoms with Crippen molar-refractivity contribution >= 4 is 49.9 Å². The van der Waals surface area contributed by atoms with Crippen molar-refractivity contribution in [3.8, 4) is 5.75 Å². The van der Waals surface area contributed by atoms with Crippen LogP contribution in [0.2, 0.25) is 0 Å². The van der Waals surface area contributed by atoms with Gasteiger partial charge in [-0.05, 0) is 65.9 Å². The number of fused-ring (bicyclic) bond motifs is 3. The van der Waals surface area contributed by atoms with Crippen LogP contribution in [0.1, 0.15) is 11.1 Å². The van der Waals surface area contributed by atoms with Crippen LogP contribution in [-0.2, 0) is 21.4 Å². The van der Waals surface area contributed by atoms with Crippen LogP contribution in [0.4, 0.5) is 5.69 Å². The molecule has 1 amide bonds. The second-order valence-corrected chi connectivity index (χ2v) is 11.3. The van der Waals surface area contributed by atoms with E-state index in [0.717, 1.165) is 22.0 Å². The maximum atomic E-state index is 12.7. The summed E-state index contributed by atoms with van der Waals surface area (Å²) in [5.74, 6) is 0.559. The Balaban J connectivity index is 1.25. The minimum absolute atomic E-state index is 0.0961. The fourth-order valence-corrected chi connectivity index (χ4v) is 5.76. The number of amides is 1. The van der Waals surface area contributed by atoms with Crippen molar-refractivity contribution in [1.82, 2.24) is 19.3 Å². The molecule has 9 nitrogen and oxygen atoms in total. The number of thioether (sulfide) groups is 1. The molecule has 2 N–H and O–H groups in total. The summed E-state index contributed by atoms with van der Waals surface area (Å²) < 4.78 is 35.1. The summed E-state index contributed by atoms with van der Waals surface area (Å²) >= 11 is 1.26. The third-order valence-electron chi connectivity index (χ3n) is 5.93. The van der Waals surface area contributed by atoms with Crippen LogP contribution in [0.5, 0.6) is 5.75 Å². The van der Waals surface area contributed by atoms with E-state index in [1.165, 1.54) is 23.9 Å². The summed E-state index contributed by atoms with van der Waals surface area (Å²) in [5, 5.41) is 13.0. The zero-order valence-corrected chi connectivity index (χ0v) is 22.3. The average molecular weight is 548 g/mol. The molecule has 0 spiro atoms. The van der Waals surface area contributed by atoms with E-state index in [9.17, 15) is 13.2 Å². The Morgan fingerprint density at radius 2 is 1.76 bits per heavy atom. The minimum atomic E-state index is -3.68. The molecule has 0 radical (unpaired) electrons. The van der Waals surface area contributed by atoms with Gasteiger partial charge in [0.1, 0.15) is 5.75 Å². The van der Waals surface area contributed by atoms with Crippen molar-refractivity contribution in [3.63, 3.8) is 0 Å². The molecule has 0 fully saturated rings. The van der Waals surface area contributed by atoms with E-state index in [4.69, 9.17) is 4.74 Å². The number of hydrogen-bond acceptors (Lipinski definition) is 7. The summed E-state index contributed by atoms with van der Waals surface area (Å²) in [6.45, 7) is 2.16. The molecule has 194 valence electrons. The van der Waals surface area contributed by atoms with Gasteiger partial charge in [-0.3, -0.25) is 9.20 Å². The highest BCUT2D eigenvalue weighted by Gasteiger charge is 2.16. The van der Waals surface area contributed by atoms with Gasteiger partial charge in [-0.1, -0.05) is 42.1 Å². The molecule has 0 aliphatic heterocycles. The molecule has 0 aliphatic rings. The maximum Gasteiger partial charge on any atom is 0.240 e. The van der Waals surface area contributed by atoms with E-state index in [-0.39, 0.29) is 23.1 Å². The number of hydrogen-bond donors (Lipinski definition) is 2.